The minimum Gasteiger partial charge on any atom is -0.247 e. The molecular weight excluding hydrogens is 239 g/mol. The van der Waals surface area contributed by atoms with Gasteiger partial charge in [0.15, 0.2) is 0 Å². The van der Waals surface area contributed by atoms with Crippen LogP contribution in [0.5, 0.6) is 0 Å². The number of halogens is 2. The van der Waals surface area contributed by atoms with Crippen LogP contribution in [0.25, 0.3) is 0 Å². The molecule has 1 rings (SSSR count). The molecule has 0 saturated heterocycles. The number of hydrogen-bond acceptors (Lipinski definition) is 1. The second kappa shape index (κ2) is 4.87. The largest absolute Gasteiger partial charge is 0.247 e. The molecule has 66 valence electrons. The first-order chi connectivity index (χ1) is 5.68. The van der Waals surface area contributed by atoms with Crippen molar-refractivity contribution >= 4 is 27.7 Å². The predicted molar refractivity (Wildman–Crippen MR) is 55.4 cm³/mol. The molecule has 0 bridgehead atoms. The fourth-order valence-corrected chi connectivity index (χ4v) is 2.13. The molecule has 0 fully saturated rings. The van der Waals surface area contributed by atoms with E-state index in [2.05, 4.69) is 15.9 Å². The zero-order valence-electron chi connectivity index (χ0n) is 6.76. The molecule has 1 aromatic rings. The van der Waals surface area contributed by atoms with Crippen molar-refractivity contribution in [3.8, 4) is 0 Å². The van der Waals surface area contributed by atoms with Gasteiger partial charge in [0.2, 0.25) is 0 Å². The van der Waals surface area contributed by atoms with E-state index in [1.165, 1.54) is 11.8 Å². The van der Waals surface area contributed by atoms with Crippen LogP contribution in [-0.4, -0.2) is 11.9 Å². The van der Waals surface area contributed by atoms with Crippen LogP contribution < -0.4 is 0 Å². The summed E-state index contributed by atoms with van der Waals surface area (Å²) in [7, 11) is 0. The fraction of sp³-hybridized carbons (Fsp3) is 0.333. The maximum absolute atomic E-state index is 12.5. The lowest BCUT2D eigenvalue weighted by Crippen LogP contribution is -1.94. The van der Waals surface area contributed by atoms with E-state index in [9.17, 15) is 4.39 Å². The second-order valence-corrected chi connectivity index (χ2v) is 4.56. The zero-order chi connectivity index (χ0) is 8.97. The molecule has 1 atom stereocenters. The van der Waals surface area contributed by atoms with Crippen LogP contribution >= 0.6 is 27.7 Å². The van der Waals surface area contributed by atoms with E-state index in [0.717, 1.165) is 9.37 Å². The number of benzene rings is 1. The lowest BCUT2D eigenvalue weighted by Gasteiger charge is -2.01. The Morgan fingerprint density at radius 2 is 2.33 bits per heavy atom. The number of thioether (sulfide) groups is 1. The van der Waals surface area contributed by atoms with E-state index < -0.39 is 6.17 Å². The summed E-state index contributed by atoms with van der Waals surface area (Å²) < 4.78 is 13.5. The zero-order valence-corrected chi connectivity index (χ0v) is 9.16. The molecule has 1 unspecified atom stereocenters. The molecule has 3 heteroatoms. The van der Waals surface area contributed by atoms with Crippen LogP contribution in [0.1, 0.15) is 6.92 Å². The quantitative estimate of drug-likeness (QED) is 0.732. The molecule has 0 radical (unpaired) electrons. The van der Waals surface area contributed by atoms with Gasteiger partial charge in [-0.05, 0) is 25.1 Å². The summed E-state index contributed by atoms with van der Waals surface area (Å²) in [4.78, 5) is 1.11. The molecule has 0 N–H and O–H groups in total. The van der Waals surface area contributed by atoms with Gasteiger partial charge in [-0.1, -0.05) is 22.0 Å². The van der Waals surface area contributed by atoms with Crippen molar-refractivity contribution in [2.45, 2.75) is 18.0 Å². The van der Waals surface area contributed by atoms with E-state index in [1.807, 2.05) is 24.3 Å². The third kappa shape index (κ3) is 3.59. The topological polar surface area (TPSA) is 0 Å². The third-order valence-corrected chi connectivity index (χ3v) is 2.98. The van der Waals surface area contributed by atoms with Crippen LogP contribution in [0.2, 0.25) is 0 Å². The van der Waals surface area contributed by atoms with Crippen molar-refractivity contribution in [3.63, 3.8) is 0 Å². The highest BCUT2D eigenvalue weighted by molar-refractivity contribution is 9.10. The Morgan fingerprint density at radius 3 is 2.92 bits per heavy atom. The van der Waals surface area contributed by atoms with E-state index in [0.29, 0.717) is 5.75 Å². The SMILES string of the molecule is CC(F)CSc1cccc(Br)c1. The van der Waals surface area contributed by atoms with Gasteiger partial charge in [0.05, 0.1) is 0 Å². The second-order valence-electron chi connectivity index (χ2n) is 2.55. The highest BCUT2D eigenvalue weighted by Crippen LogP contribution is 2.22. The van der Waals surface area contributed by atoms with Crippen molar-refractivity contribution < 1.29 is 4.39 Å². The van der Waals surface area contributed by atoms with E-state index >= 15 is 0 Å². The third-order valence-electron chi connectivity index (χ3n) is 1.28. The lowest BCUT2D eigenvalue weighted by atomic mass is 10.4. The van der Waals surface area contributed by atoms with Gasteiger partial charge in [-0.15, -0.1) is 11.8 Å². The average molecular weight is 249 g/mol. The molecule has 0 aromatic heterocycles. The highest BCUT2D eigenvalue weighted by atomic mass is 79.9. The Labute approximate surface area is 84.7 Å². The van der Waals surface area contributed by atoms with Crippen LogP contribution in [0, 0.1) is 0 Å². The minimum absolute atomic E-state index is 0.524. The Bertz CT molecular complexity index is 250. The summed E-state index contributed by atoms with van der Waals surface area (Å²) in [6.45, 7) is 1.57. The molecule has 12 heavy (non-hydrogen) atoms. The fourth-order valence-electron chi connectivity index (χ4n) is 0.768. The maximum Gasteiger partial charge on any atom is 0.107 e. The Balaban J connectivity index is 2.52. The Morgan fingerprint density at radius 1 is 1.58 bits per heavy atom. The first kappa shape index (κ1) is 10.1. The van der Waals surface area contributed by atoms with Crippen LogP contribution in [0.15, 0.2) is 33.6 Å². The molecule has 1 aromatic carbocycles. The normalized spacial score (nSPS) is 12.9. The molecule has 0 heterocycles. The van der Waals surface area contributed by atoms with Gasteiger partial charge in [0, 0.05) is 15.1 Å². The smallest absolute Gasteiger partial charge is 0.107 e. The molecule has 0 amide bonds. The van der Waals surface area contributed by atoms with E-state index in [-0.39, 0.29) is 0 Å². The number of hydrogen-bond donors (Lipinski definition) is 0. The summed E-state index contributed by atoms with van der Waals surface area (Å²) in [6.07, 6.45) is -0.742. The summed E-state index contributed by atoms with van der Waals surface area (Å²) in [5.41, 5.74) is 0. The minimum atomic E-state index is -0.742. The van der Waals surface area contributed by atoms with Crippen molar-refractivity contribution in [1.82, 2.24) is 0 Å². The number of alkyl halides is 1. The van der Waals surface area contributed by atoms with Crippen molar-refractivity contribution in [3.05, 3.63) is 28.7 Å². The van der Waals surface area contributed by atoms with Crippen molar-refractivity contribution in [2.75, 3.05) is 5.75 Å². The maximum atomic E-state index is 12.5. The molecule has 0 spiro atoms. The first-order valence-corrected chi connectivity index (χ1v) is 5.49. The molecule has 0 aliphatic rings. The summed E-state index contributed by atoms with van der Waals surface area (Å²) in [5, 5.41) is 0. The van der Waals surface area contributed by atoms with Crippen LogP contribution in [0.4, 0.5) is 4.39 Å². The molecular formula is C9H10BrFS. The van der Waals surface area contributed by atoms with Gasteiger partial charge < -0.3 is 0 Å². The predicted octanol–water partition coefficient (Wildman–Crippen LogP) is 3.90. The van der Waals surface area contributed by atoms with E-state index in [1.54, 1.807) is 6.92 Å². The van der Waals surface area contributed by atoms with Gasteiger partial charge in [-0.25, -0.2) is 4.39 Å². The van der Waals surface area contributed by atoms with Crippen LogP contribution in [-0.2, 0) is 0 Å². The summed E-state index contributed by atoms with van der Waals surface area (Å²) >= 11 is 4.90. The van der Waals surface area contributed by atoms with Gasteiger partial charge in [0.25, 0.3) is 0 Å². The van der Waals surface area contributed by atoms with Crippen molar-refractivity contribution in [1.29, 1.82) is 0 Å². The monoisotopic (exact) mass is 248 g/mol. The first-order valence-electron chi connectivity index (χ1n) is 3.71. The summed E-state index contributed by atoms with van der Waals surface area (Å²) in [6, 6.07) is 7.89. The molecule has 0 nitrogen and oxygen atoms in total. The van der Waals surface area contributed by atoms with Gasteiger partial charge >= 0.3 is 0 Å². The lowest BCUT2D eigenvalue weighted by molar-refractivity contribution is 0.398. The highest BCUT2D eigenvalue weighted by Gasteiger charge is 1.99. The number of rotatable bonds is 3. The average Bonchev–Trinajstić information content (AvgIpc) is 2.01. The van der Waals surface area contributed by atoms with E-state index in [4.69, 9.17) is 0 Å². The Hall–Kier alpha value is -0.0200. The summed E-state index contributed by atoms with van der Waals surface area (Å²) in [5.74, 6) is 0.524. The molecule has 0 aliphatic heterocycles. The van der Waals surface area contributed by atoms with Gasteiger partial charge in [-0.3, -0.25) is 0 Å². The van der Waals surface area contributed by atoms with Gasteiger partial charge in [0.1, 0.15) is 6.17 Å². The molecule has 0 saturated carbocycles. The standard InChI is InChI=1S/C9H10BrFS/c1-7(11)6-12-9-4-2-3-8(10)5-9/h2-5,7H,6H2,1H3. The van der Waals surface area contributed by atoms with Crippen LogP contribution in [0.3, 0.4) is 0 Å². The molecule has 0 aliphatic carbocycles. The van der Waals surface area contributed by atoms with Crippen molar-refractivity contribution in [2.24, 2.45) is 0 Å². The van der Waals surface area contributed by atoms with Gasteiger partial charge in [-0.2, -0.15) is 0 Å². The Kier molecular flexibility index (Phi) is 4.09.